The molecule has 1 aliphatic rings. The molecule has 1 aromatic heterocycles. The van der Waals surface area contributed by atoms with Crippen molar-refractivity contribution in [1.29, 1.82) is 0 Å². The summed E-state index contributed by atoms with van der Waals surface area (Å²) >= 11 is 0. The van der Waals surface area contributed by atoms with Crippen LogP contribution in [0.25, 0.3) is 0 Å². The lowest BCUT2D eigenvalue weighted by molar-refractivity contribution is 0.203. The zero-order valence-electron chi connectivity index (χ0n) is 8.76. The van der Waals surface area contributed by atoms with Crippen LogP contribution in [0.2, 0.25) is 0 Å². The molecule has 1 aliphatic carbocycles. The van der Waals surface area contributed by atoms with Crippen LogP contribution in [0.5, 0.6) is 0 Å². The molecule has 0 amide bonds. The second-order valence-electron chi connectivity index (χ2n) is 5.17. The van der Waals surface area contributed by atoms with Crippen molar-refractivity contribution in [1.82, 2.24) is 0 Å². The highest BCUT2D eigenvalue weighted by molar-refractivity contribution is 5.20. The van der Waals surface area contributed by atoms with Crippen LogP contribution in [-0.2, 0) is 12.8 Å². The van der Waals surface area contributed by atoms with E-state index in [1.54, 1.807) is 0 Å². The number of furan rings is 1. The molecule has 0 saturated carbocycles. The van der Waals surface area contributed by atoms with Crippen molar-refractivity contribution in [3.05, 3.63) is 23.7 Å². The average Bonchev–Trinajstić information content (AvgIpc) is 2.47. The summed E-state index contributed by atoms with van der Waals surface area (Å²) in [4.78, 5) is 0. The standard InChI is InChI=1S/C12H18O/c1-12(2,3)10-5-4-9-6-7-13-11(9)8-10/h6-7,10H,4-5,8H2,1-3H3. The van der Waals surface area contributed by atoms with Crippen molar-refractivity contribution in [2.24, 2.45) is 11.3 Å². The van der Waals surface area contributed by atoms with E-state index in [0.29, 0.717) is 5.41 Å². The summed E-state index contributed by atoms with van der Waals surface area (Å²) in [5.74, 6) is 2.01. The fourth-order valence-corrected chi connectivity index (χ4v) is 2.16. The molecule has 0 spiro atoms. The lowest BCUT2D eigenvalue weighted by Crippen LogP contribution is -2.26. The van der Waals surface area contributed by atoms with E-state index < -0.39 is 0 Å². The molecule has 0 bridgehead atoms. The fraction of sp³-hybridized carbons (Fsp3) is 0.667. The molecular formula is C12H18O. The van der Waals surface area contributed by atoms with Gasteiger partial charge in [-0.05, 0) is 35.8 Å². The summed E-state index contributed by atoms with van der Waals surface area (Å²) in [5, 5.41) is 0. The number of hydrogen-bond donors (Lipinski definition) is 0. The molecule has 1 atom stereocenters. The molecule has 1 unspecified atom stereocenters. The van der Waals surface area contributed by atoms with E-state index in [9.17, 15) is 0 Å². The Bertz CT molecular complexity index is 290. The average molecular weight is 178 g/mol. The highest BCUT2D eigenvalue weighted by atomic mass is 16.3. The summed E-state index contributed by atoms with van der Waals surface area (Å²) in [5.41, 5.74) is 1.85. The third-order valence-electron chi connectivity index (χ3n) is 3.26. The SMILES string of the molecule is CC(C)(C)C1CCc2ccoc2C1. The van der Waals surface area contributed by atoms with Gasteiger partial charge in [0.1, 0.15) is 5.76 Å². The lowest BCUT2D eigenvalue weighted by atomic mass is 9.72. The Hall–Kier alpha value is -0.720. The van der Waals surface area contributed by atoms with Gasteiger partial charge >= 0.3 is 0 Å². The molecule has 13 heavy (non-hydrogen) atoms. The van der Waals surface area contributed by atoms with E-state index >= 15 is 0 Å². The molecule has 0 N–H and O–H groups in total. The monoisotopic (exact) mass is 178 g/mol. The molecular weight excluding hydrogens is 160 g/mol. The Morgan fingerprint density at radius 2 is 2.15 bits per heavy atom. The van der Waals surface area contributed by atoms with Gasteiger partial charge in [0.15, 0.2) is 0 Å². The zero-order chi connectivity index (χ0) is 9.47. The first-order valence-corrected chi connectivity index (χ1v) is 5.12. The molecule has 0 aliphatic heterocycles. The van der Waals surface area contributed by atoms with Gasteiger partial charge in [-0.25, -0.2) is 0 Å². The molecule has 0 fully saturated rings. The molecule has 1 nitrogen and oxygen atoms in total. The zero-order valence-corrected chi connectivity index (χ0v) is 8.76. The first-order chi connectivity index (χ1) is 6.07. The van der Waals surface area contributed by atoms with Gasteiger partial charge in [-0.3, -0.25) is 0 Å². The van der Waals surface area contributed by atoms with Crippen LogP contribution < -0.4 is 0 Å². The normalized spacial score (nSPS) is 22.8. The first-order valence-electron chi connectivity index (χ1n) is 5.12. The van der Waals surface area contributed by atoms with Gasteiger partial charge in [0.2, 0.25) is 0 Å². The van der Waals surface area contributed by atoms with Crippen LogP contribution in [0.4, 0.5) is 0 Å². The molecule has 1 aromatic rings. The van der Waals surface area contributed by atoms with Crippen LogP contribution >= 0.6 is 0 Å². The predicted molar refractivity (Wildman–Crippen MR) is 53.7 cm³/mol. The van der Waals surface area contributed by atoms with Crippen LogP contribution in [0.15, 0.2) is 16.7 Å². The molecule has 72 valence electrons. The smallest absolute Gasteiger partial charge is 0.107 e. The summed E-state index contributed by atoms with van der Waals surface area (Å²) in [6.45, 7) is 6.98. The quantitative estimate of drug-likeness (QED) is 0.593. The molecule has 0 saturated heterocycles. The van der Waals surface area contributed by atoms with Crippen molar-refractivity contribution in [3.8, 4) is 0 Å². The highest BCUT2D eigenvalue weighted by Crippen LogP contribution is 2.37. The second-order valence-corrected chi connectivity index (χ2v) is 5.17. The Balaban J connectivity index is 2.18. The van der Waals surface area contributed by atoms with Gasteiger partial charge in [-0.15, -0.1) is 0 Å². The van der Waals surface area contributed by atoms with Gasteiger partial charge in [0.05, 0.1) is 6.26 Å². The van der Waals surface area contributed by atoms with E-state index in [0.717, 1.165) is 12.3 Å². The van der Waals surface area contributed by atoms with Gasteiger partial charge in [-0.1, -0.05) is 20.8 Å². The molecule has 0 aromatic carbocycles. The van der Waals surface area contributed by atoms with E-state index in [1.165, 1.54) is 24.2 Å². The highest BCUT2D eigenvalue weighted by Gasteiger charge is 2.29. The van der Waals surface area contributed by atoms with E-state index in [4.69, 9.17) is 4.42 Å². The van der Waals surface area contributed by atoms with Crippen molar-refractivity contribution in [2.45, 2.75) is 40.0 Å². The third-order valence-corrected chi connectivity index (χ3v) is 3.26. The maximum absolute atomic E-state index is 5.48. The summed E-state index contributed by atoms with van der Waals surface area (Å²) in [7, 11) is 0. The van der Waals surface area contributed by atoms with Crippen molar-refractivity contribution in [2.75, 3.05) is 0 Å². The van der Waals surface area contributed by atoms with Crippen molar-refractivity contribution >= 4 is 0 Å². The van der Waals surface area contributed by atoms with Crippen LogP contribution in [0, 0.1) is 11.3 Å². The molecule has 2 rings (SSSR count). The van der Waals surface area contributed by atoms with Gasteiger partial charge < -0.3 is 4.42 Å². The lowest BCUT2D eigenvalue weighted by Gasteiger charge is -2.33. The van der Waals surface area contributed by atoms with Crippen LogP contribution in [0.1, 0.15) is 38.5 Å². The van der Waals surface area contributed by atoms with Crippen molar-refractivity contribution in [3.63, 3.8) is 0 Å². The summed E-state index contributed by atoms with van der Waals surface area (Å²) < 4.78 is 5.48. The number of hydrogen-bond acceptors (Lipinski definition) is 1. The van der Waals surface area contributed by atoms with Gasteiger partial charge in [0.25, 0.3) is 0 Å². The van der Waals surface area contributed by atoms with Crippen LogP contribution in [-0.4, -0.2) is 0 Å². The molecule has 0 radical (unpaired) electrons. The molecule has 1 heteroatoms. The minimum absolute atomic E-state index is 0.421. The number of rotatable bonds is 0. The largest absolute Gasteiger partial charge is 0.469 e. The molecule has 1 heterocycles. The summed E-state index contributed by atoms with van der Waals surface area (Å²) in [6, 6.07) is 2.12. The third kappa shape index (κ3) is 1.65. The van der Waals surface area contributed by atoms with Crippen molar-refractivity contribution < 1.29 is 4.42 Å². The topological polar surface area (TPSA) is 13.1 Å². The second kappa shape index (κ2) is 2.90. The van der Waals surface area contributed by atoms with Crippen LogP contribution in [0.3, 0.4) is 0 Å². The Morgan fingerprint density at radius 1 is 1.38 bits per heavy atom. The first kappa shape index (κ1) is 8.86. The number of fused-ring (bicyclic) bond motifs is 1. The maximum Gasteiger partial charge on any atom is 0.107 e. The Kier molecular flexibility index (Phi) is 1.98. The minimum atomic E-state index is 0.421. The van der Waals surface area contributed by atoms with Gasteiger partial charge in [-0.2, -0.15) is 0 Å². The van der Waals surface area contributed by atoms with E-state index in [2.05, 4.69) is 26.8 Å². The Morgan fingerprint density at radius 3 is 2.85 bits per heavy atom. The van der Waals surface area contributed by atoms with E-state index in [1.807, 2.05) is 6.26 Å². The van der Waals surface area contributed by atoms with E-state index in [-0.39, 0.29) is 0 Å². The maximum atomic E-state index is 5.48. The summed E-state index contributed by atoms with van der Waals surface area (Å²) in [6.07, 6.45) is 5.48. The van der Waals surface area contributed by atoms with Gasteiger partial charge in [0, 0.05) is 6.42 Å². The minimum Gasteiger partial charge on any atom is -0.469 e. The number of aryl methyl sites for hydroxylation is 1. The fourth-order valence-electron chi connectivity index (χ4n) is 2.16. The Labute approximate surface area is 80.1 Å². The predicted octanol–water partition coefficient (Wildman–Crippen LogP) is 3.43.